The average Bonchev–Trinajstić information content (AvgIpc) is 2.82. The van der Waals surface area contributed by atoms with E-state index >= 15 is 0 Å². The first-order chi connectivity index (χ1) is 7.29. The lowest BCUT2D eigenvalue weighted by molar-refractivity contribution is -0.136. The van der Waals surface area contributed by atoms with Gasteiger partial charge in [0, 0.05) is 25.6 Å². The lowest BCUT2D eigenvalue weighted by Gasteiger charge is -2.33. The molecule has 1 heterocycles. The summed E-state index contributed by atoms with van der Waals surface area (Å²) in [7, 11) is 1.98. The molecule has 2 rings (SSSR count). The largest absolute Gasteiger partial charge is 0.341 e. The van der Waals surface area contributed by atoms with E-state index in [4.69, 9.17) is 0 Å². The molecular weight excluding hydrogens is 188 g/mol. The van der Waals surface area contributed by atoms with E-state index < -0.39 is 0 Å². The van der Waals surface area contributed by atoms with Crippen LogP contribution >= 0.6 is 0 Å². The van der Waals surface area contributed by atoms with Crippen LogP contribution in [0, 0.1) is 5.92 Å². The number of likely N-dealkylation sites (N-methyl/N-ethyl adjacent to an activating group) is 1. The first kappa shape index (κ1) is 10.9. The molecule has 0 radical (unpaired) electrons. The van der Waals surface area contributed by atoms with Crippen LogP contribution in [0.4, 0.5) is 0 Å². The summed E-state index contributed by atoms with van der Waals surface area (Å²) in [5.41, 5.74) is 0. The highest BCUT2D eigenvalue weighted by Crippen LogP contribution is 2.27. The van der Waals surface area contributed by atoms with Crippen molar-refractivity contribution >= 4 is 5.91 Å². The number of amides is 1. The van der Waals surface area contributed by atoms with E-state index in [9.17, 15) is 4.79 Å². The third-order valence-corrected chi connectivity index (χ3v) is 3.87. The van der Waals surface area contributed by atoms with E-state index in [1.807, 2.05) is 11.9 Å². The summed E-state index contributed by atoms with van der Waals surface area (Å²) >= 11 is 0. The smallest absolute Gasteiger partial charge is 0.225 e. The van der Waals surface area contributed by atoms with E-state index in [1.54, 1.807) is 0 Å². The van der Waals surface area contributed by atoms with E-state index in [0.29, 0.717) is 17.9 Å². The third-order valence-electron chi connectivity index (χ3n) is 3.87. The predicted octanol–water partition coefficient (Wildman–Crippen LogP) is 1.39. The molecule has 1 aliphatic carbocycles. The van der Waals surface area contributed by atoms with Crippen molar-refractivity contribution in [2.75, 3.05) is 20.1 Å². The van der Waals surface area contributed by atoms with Crippen LogP contribution in [0.25, 0.3) is 0 Å². The summed E-state index contributed by atoms with van der Waals surface area (Å²) in [5.74, 6) is 0.720. The highest BCUT2D eigenvalue weighted by molar-refractivity contribution is 5.79. The Bertz CT molecular complexity index is 218. The fourth-order valence-electron chi connectivity index (χ4n) is 2.80. The molecule has 3 heteroatoms. The molecular formula is C12H22N2O. The molecule has 1 amide bonds. The van der Waals surface area contributed by atoms with Crippen LogP contribution < -0.4 is 5.32 Å². The van der Waals surface area contributed by atoms with E-state index in [0.717, 1.165) is 25.9 Å². The second-order valence-electron chi connectivity index (χ2n) is 4.93. The zero-order valence-corrected chi connectivity index (χ0v) is 9.67. The van der Waals surface area contributed by atoms with Gasteiger partial charge in [-0.3, -0.25) is 4.79 Å². The van der Waals surface area contributed by atoms with Gasteiger partial charge in [-0.15, -0.1) is 0 Å². The zero-order valence-electron chi connectivity index (χ0n) is 9.67. The molecule has 0 aromatic rings. The number of rotatable bonds is 2. The number of piperidine rings is 1. The van der Waals surface area contributed by atoms with Crippen LogP contribution in [0.1, 0.15) is 38.5 Å². The van der Waals surface area contributed by atoms with Crippen LogP contribution in [0.15, 0.2) is 0 Å². The summed E-state index contributed by atoms with van der Waals surface area (Å²) in [4.78, 5) is 14.1. The van der Waals surface area contributed by atoms with Crippen LogP contribution in [-0.2, 0) is 4.79 Å². The molecule has 0 aromatic heterocycles. The third kappa shape index (κ3) is 2.51. The molecule has 1 atom stereocenters. The molecule has 0 aromatic carbocycles. The Morgan fingerprint density at radius 2 is 1.93 bits per heavy atom. The normalized spacial score (nSPS) is 27.9. The summed E-state index contributed by atoms with van der Waals surface area (Å²) in [6.45, 7) is 2.09. The van der Waals surface area contributed by atoms with Gasteiger partial charge < -0.3 is 10.2 Å². The number of hydrogen-bond donors (Lipinski definition) is 1. The summed E-state index contributed by atoms with van der Waals surface area (Å²) in [5, 5.41) is 3.37. The molecule has 2 fully saturated rings. The van der Waals surface area contributed by atoms with Crippen molar-refractivity contribution < 1.29 is 4.79 Å². The Hall–Kier alpha value is -0.570. The molecule has 0 bridgehead atoms. The SMILES string of the molecule is CN(C(=O)C1CCCC1)[C@H]1CCCNC1. The van der Waals surface area contributed by atoms with Crippen LogP contribution in [-0.4, -0.2) is 37.0 Å². The molecule has 0 spiro atoms. The fraction of sp³-hybridized carbons (Fsp3) is 0.917. The molecule has 1 saturated heterocycles. The predicted molar refractivity (Wildman–Crippen MR) is 60.6 cm³/mol. The van der Waals surface area contributed by atoms with Crippen LogP contribution in [0.3, 0.4) is 0 Å². The highest BCUT2D eigenvalue weighted by Gasteiger charge is 2.29. The second-order valence-corrected chi connectivity index (χ2v) is 4.93. The Labute approximate surface area is 92.2 Å². The summed E-state index contributed by atoms with van der Waals surface area (Å²) in [6.07, 6.45) is 7.09. The van der Waals surface area contributed by atoms with E-state index in [2.05, 4.69) is 5.32 Å². The Morgan fingerprint density at radius 3 is 2.53 bits per heavy atom. The summed E-state index contributed by atoms with van der Waals surface area (Å²) < 4.78 is 0. The summed E-state index contributed by atoms with van der Waals surface area (Å²) in [6, 6.07) is 0.437. The molecule has 3 nitrogen and oxygen atoms in total. The minimum Gasteiger partial charge on any atom is -0.341 e. The Kier molecular flexibility index (Phi) is 3.62. The highest BCUT2D eigenvalue weighted by atomic mass is 16.2. The molecule has 0 unspecified atom stereocenters. The van der Waals surface area contributed by atoms with Crippen molar-refractivity contribution in [3.63, 3.8) is 0 Å². The number of nitrogens with one attached hydrogen (secondary N) is 1. The van der Waals surface area contributed by atoms with E-state index in [1.165, 1.54) is 25.7 Å². The van der Waals surface area contributed by atoms with Crippen LogP contribution in [0.5, 0.6) is 0 Å². The number of nitrogens with zero attached hydrogens (tertiary/aromatic N) is 1. The topological polar surface area (TPSA) is 32.3 Å². The van der Waals surface area contributed by atoms with Gasteiger partial charge in [0.15, 0.2) is 0 Å². The van der Waals surface area contributed by atoms with Crippen molar-refractivity contribution in [3.05, 3.63) is 0 Å². The molecule has 2 aliphatic rings. The van der Waals surface area contributed by atoms with Gasteiger partial charge in [-0.1, -0.05) is 12.8 Å². The lowest BCUT2D eigenvalue weighted by Crippen LogP contribution is -2.48. The second kappa shape index (κ2) is 4.97. The molecule has 1 saturated carbocycles. The monoisotopic (exact) mass is 210 g/mol. The van der Waals surface area contributed by atoms with E-state index in [-0.39, 0.29) is 0 Å². The van der Waals surface area contributed by atoms with Gasteiger partial charge in [0.2, 0.25) is 5.91 Å². The Morgan fingerprint density at radius 1 is 1.20 bits per heavy atom. The average molecular weight is 210 g/mol. The first-order valence-corrected chi connectivity index (χ1v) is 6.26. The first-order valence-electron chi connectivity index (χ1n) is 6.26. The lowest BCUT2D eigenvalue weighted by atomic mass is 10.0. The maximum atomic E-state index is 12.1. The quantitative estimate of drug-likeness (QED) is 0.747. The van der Waals surface area contributed by atoms with Crippen LogP contribution in [0.2, 0.25) is 0 Å². The minimum absolute atomic E-state index is 0.330. The Balaban J connectivity index is 1.87. The van der Waals surface area contributed by atoms with Crippen molar-refractivity contribution in [1.82, 2.24) is 10.2 Å². The van der Waals surface area contributed by atoms with Gasteiger partial charge in [0.05, 0.1) is 0 Å². The molecule has 86 valence electrons. The van der Waals surface area contributed by atoms with Gasteiger partial charge in [-0.05, 0) is 32.2 Å². The maximum absolute atomic E-state index is 12.1. The van der Waals surface area contributed by atoms with Gasteiger partial charge in [0.1, 0.15) is 0 Å². The van der Waals surface area contributed by atoms with Crippen molar-refractivity contribution in [2.24, 2.45) is 5.92 Å². The fourth-order valence-corrected chi connectivity index (χ4v) is 2.80. The number of hydrogen-bond acceptors (Lipinski definition) is 2. The van der Waals surface area contributed by atoms with Crippen molar-refractivity contribution in [1.29, 1.82) is 0 Å². The number of carbonyl (C=O) groups is 1. The van der Waals surface area contributed by atoms with Gasteiger partial charge >= 0.3 is 0 Å². The molecule has 15 heavy (non-hydrogen) atoms. The van der Waals surface area contributed by atoms with Gasteiger partial charge in [-0.25, -0.2) is 0 Å². The van der Waals surface area contributed by atoms with Crippen molar-refractivity contribution in [3.8, 4) is 0 Å². The standard InChI is InChI=1S/C12H22N2O/c1-14(11-7-4-8-13-9-11)12(15)10-5-2-3-6-10/h10-11,13H,2-9H2,1H3/t11-/m0/s1. The molecule has 1 aliphatic heterocycles. The minimum atomic E-state index is 0.330. The van der Waals surface area contributed by atoms with Gasteiger partial charge in [0.25, 0.3) is 0 Å². The molecule has 1 N–H and O–H groups in total. The van der Waals surface area contributed by atoms with Gasteiger partial charge in [-0.2, -0.15) is 0 Å². The maximum Gasteiger partial charge on any atom is 0.225 e. The van der Waals surface area contributed by atoms with Crippen molar-refractivity contribution in [2.45, 2.75) is 44.6 Å². The zero-order chi connectivity index (χ0) is 10.7. The number of carbonyl (C=O) groups excluding carboxylic acids is 1.